The predicted molar refractivity (Wildman–Crippen MR) is 78.6 cm³/mol. The van der Waals surface area contributed by atoms with Crippen molar-refractivity contribution < 1.29 is 54.9 Å². The number of hydrogen-bond acceptors (Lipinski definition) is 7. The quantitative estimate of drug-likeness (QED) is 0.198. The lowest BCUT2D eigenvalue weighted by molar-refractivity contribution is -0.176. The van der Waals surface area contributed by atoms with Crippen molar-refractivity contribution in [1.82, 2.24) is 0 Å². The summed E-state index contributed by atoms with van der Waals surface area (Å²) >= 11 is 0. The molecule has 0 atom stereocenters. The summed E-state index contributed by atoms with van der Waals surface area (Å²) in [4.78, 5) is 44.9. The molecule has 0 aromatic carbocycles. The summed E-state index contributed by atoms with van der Waals surface area (Å²) in [5, 5.41) is 65.4. The Balaban J connectivity index is 6.62. The van der Waals surface area contributed by atoms with E-state index >= 15 is 0 Å². The fourth-order valence-corrected chi connectivity index (χ4v) is 3.21. The maximum Gasteiger partial charge on any atom is 0.303 e. The van der Waals surface area contributed by atoms with Crippen LogP contribution in [0.1, 0.15) is 25.7 Å². The molecule has 11 heteroatoms. The monoisotopic (exact) mass is 366 g/mol. The van der Waals surface area contributed by atoms with Gasteiger partial charge in [0.25, 0.3) is 0 Å². The van der Waals surface area contributed by atoms with Crippen LogP contribution < -0.4 is 0 Å². The lowest BCUT2D eigenvalue weighted by Crippen LogP contribution is -2.56. The van der Waals surface area contributed by atoms with Crippen LogP contribution in [0.25, 0.3) is 0 Å². The third-order valence-corrected chi connectivity index (χ3v) is 4.52. The van der Waals surface area contributed by atoms with Crippen LogP contribution in [-0.4, -0.2) is 79.4 Å². The molecule has 0 aliphatic carbocycles. The van der Waals surface area contributed by atoms with E-state index in [-0.39, 0.29) is 0 Å². The second-order valence-electron chi connectivity index (χ2n) is 5.94. The van der Waals surface area contributed by atoms with Crippen molar-refractivity contribution in [2.24, 2.45) is 16.7 Å². The Morgan fingerprint density at radius 1 is 0.640 bits per heavy atom. The first-order valence-corrected chi connectivity index (χ1v) is 7.20. The van der Waals surface area contributed by atoms with Crippen molar-refractivity contribution >= 4 is 23.9 Å². The summed E-state index contributed by atoms with van der Waals surface area (Å²) in [6.07, 6.45) is -3.97. The first-order valence-electron chi connectivity index (χ1n) is 7.20. The number of hydrogen-bond donors (Lipinski definition) is 7. The zero-order chi connectivity index (χ0) is 19.8. The van der Waals surface area contributed by atoms with Gasteiger partial charge in [-0.25, -0.2) is 0 Å². The summed E-state index contributed by atoms with van der Waals surface area (Å²) in [6.45, 7) is -3.22. The molecular weight excluding hydrogens is 344 g/mol. The van der Waals surface area contributed by atoms with Crippen LogP contribution in [0.2, 0.25) is 0 Å². The molecule has 0 bridgehead atoms. The van der Waals surface area contributed by atoms with E-state index in [1.807, 2.05) is 0 Å². The summed E-state index contributed by atoms with van der Waals surface area (Å²) < 4.78 is 0. The van der Waals surface area contributed by atoms with Crippen LogP contribution in [-0.2, 0) is 19.2 Å². The Labute approximate surface area is 142 Å². The number of aliphatic hydroxyl groups is 3. The average molecular weight is 366 g/mol. The minimum atomic E-state index is -2.22. The molecule has 0 aromatic rings. The molecule has 0 heterocycles. The Morgan fingerprint density at radius 2 is 0.960 bits per heavy atom. The Kier molecular flexibility index (Phi) is 8.46. The molecule has 0 radical (unpaired) electrons. The minimum Gasteiger partial charge on any atom is -0.481 e. The number of carboxylic acids is 4. The number of rotatable bonds is 13. The molecule has 25 heavy (non-hydrogen) atoms. The van der Waals surface area contributed by atoms with E-state index < -0.39 is 86.1 Å². The summed E-state index contributed by atoms with van der Waals surface area (Å²) in [7, 11) is 0. The number of carbonyl (C=O) groups is 4. The molecule has 0 saturated carbocycles. The minimum absolute atomic E-state index is 0.922. The molecule has 0 fully saturated rings. The van der Waals surface area contributed by atoms with Crippen molar-refractivity contribution in [1.29, 1.82) is 0 Å². The zero-order valence-corrected chi connectivity index (χ0v) is 13.3. The molecule has 144 valence electrons. The van der Waals surface area contributed by atoms with Crippen molar-refractivity contribution in [3.63, 3.8) is 0 Å². The van der Waals surface area contributed by atoms with Crippen LogP contribution in [0.5, 0.6) is 0 Å². The van der Waals surface area contributed by atoms with E-state index in [1.165, 1.54) is 0 Å². The Hall–Kier alpha value is -2.24. The van der Waals surface area contributed by atoms with Crippen molar-refractivity contribution in [3.05, 3.63) is 0 Å². The normalized spacial score (nSPS) is 12.2. The second-order valence-corrected chi connectivity index (χ2v) is 5.94. The Bertz CT molecular complexity index is 469. The molecule has 0 spiro atoms. The summed E-state index contributed by atoms with van der Waals surface area (Å²) in [5.74, 6) is -7.81. The lowest BCUT2D eigenvalue weighted by atomic mass is 9.53. The molecule has 0 aliphatic heterocycles. The van der Waals surface area contributed by atoms with Crippen LogP contribution in [0, 0.1) is 16.7 Å². The van der Waals surface area contributed by atoms with Gasteiger partial charge in [0.05, 0.1) is 32.7 Å². The lowest BCUT2D eigenvalue weighted by Gasteiger charge is -2.50. The van der Waals surface area contributed by atoms with E-state index in [1.54, 1.807) is 0 Å². The first kappa shape index (κ1) is 22.8. The smallest absolute Gasteiger partial charge is 0.303 e. The SMILES string of the molecule is O=C(O)CC(CC(=O)O)C(CC(=O)O)(CC(=O)O)C(CO)(CO)CO. The molecular formula is C14H22O11. The largest absolute Gasteiger partial charge is 0.481 e. The summed E-state index contributed by atoms with van der Waals surface area (Å²) in [6, 6.07) is 0. The molecule has 11 nitrogen and oxygen atoms in total. The van der Waals surface area contributed by atoms with Crippen LogP contribution >= 0.6 is 0 Å². The highest BCUT2D eigenvalue weighted by Crippen LogP contribution is 2.53. The van der Waals surface area contributed by atoms with E-state index in [4.69, 9.17) is 10.2 Å². The van der Waals surface area contributed by atoms with Crippen LogP contribution in [0.15, 0.2) is 0 Å². The molecule has 0 saturated heterocycles. The maximum atomic E-state index is 11.3. The van der Waals surface area contributed by atoms with Crippen molar-refractivity contribution in [2.45, 2.75) is 25.7 Å². The van der Waals surface area contributed by atoms with Gasteiger partial charge in [-0.05, 0) is 5.92 Å². The number of aliphatic hydroxyl groups excluding tert-OH is 3. The van der Waals surface area contributed by atoms with Gasteiger partial charge in [0, 0.05) is 23.7 Å². The van der Waals surface area contributed by atoms with Gasteiger partial charge in [0.2, 0.25) is 0 Å². The highest BCUT2D eigenvalue weighted by atomic mass is 16.4. The molecule has 7 N–H and O–H groups in total. The molecule has 0 rings (SSSR count). The van der Waals surface area contributed by atoms with Gasteiger partial charge in [-0.15, -0.1) is 0 Å². The van der Waals surface area contributed by atoms with E-state index in [0.29, 0.717) is 0 Å². The van der Waals surface area contributed by atoms with Gasteiger partial charge in [-0.3, -0.25) is 19.2 Å². The van der Waals surface area contributed by atoms with Crippen molar-refractivity contribution in [3.8, 4) is 0 Å². The fraction of sp³-hybridized carbons (Fsp3) is 0.714. The van der Waals surface area contributed by atoms with E-state index in [9.17, 15) is 44.7 Å². The molecule has 0 unspecified atom stereocenters. The fourth-order valence-electron chi connectivity index (χ4n) is 3.21. The van der Waals surface area contributed by atoms with Gasteiger partial charge in [-0.2, -0.15) is 0 Å². The van der Waals surface area contributed by atoms with Gasteiger partial charge in [0.15, 0.2) is 0 Å². The van der Waals surface area contributed by atoms with Crippen LogP contribution in [0.3, 0.4) is 0 Å². The zero-order valence-electron chi connectivity index (χ0n) is 13.3. The molecule has 0 aromatic heterocycles. The summed E-state index contributed by atoms with van der Waals surface area (Å²) in [5.41, 5.74) is -4.35. The molecule has 0 aliphatic rings. The first-order chi connectivity index (χ1) is 11.5. The number of aliphatic carboxylic acids is 4. The number of carboxylic acid groups (broad SMARTS) is 4. The van der Waals surface area contributed by atoms with Crippen molar-refractivity contribution in [2.75, 3.05) is 19.8 Å². The third kappa shape index (κ3) is 5.37. The van der Waals surface area contributed by atoms with E-state index in [0.717, 1.165) is 0 Å². The highest BCUT2D eigenvalue weighted by Gasteiger charge is 2.57. The average Bonchev–Trinajstić information content (AvgIpc) is 2.46. The topological polar surface area (TPSA) is 210 Å². The van der Waals surface area contributed by atoms with Gasteiger partial charge in [-0.1, -0.05) is 0 Å². The van der Waals surface area contributed by atoms with Gasteiger partial charge in [0.1, 0.15) is 0 Å². The maximum absolute atomic E-state index is 11.3. The van der Waals surface area contributed by atoms with Gasteiger partial charge >= 0.3 is 23.9 Å². The second kappa shape index (κ2) is 9.30. The van der Waals surface area contributed by atoms with Crippen LogP contribution in [0.4, 0.5) is 0 Å². The van der Waals surface area contributed by atoms with E-state index in [2.05, 4.69) is 0 Å². The predicted octanol–water partition coefficient (Wildman–Crippen LogP) is -1.55. The molecule has 0 amide bonds. The Morgan fingerprint density at radius 3 is 1.16 bits per heavy atom. The highest BCUT2D eigenvalue weighted by molar-refractivity contribution is 5.75. The third-order valence-electron chi connectivity index (χ3n) is 4.52. The van der Waals surface area contributed by atoms with Gasteiger partial charge < -0.3 is 35.7 Å². The standard InChI is InChI=1S/C14H22O11/c15-5-13(6-16,7-17)14(3-11(22)23,4-12(24)25)8(1-9(18)19)2-10(20)21/h8,15-17H,1-7H2,(H,18,19)(H,20,21)(H,22,23)(H,24,25).